The van der Waals surface area contributed by atoms with Gasteiger partial charge < -0.3 is 19.9 Å². The van der Waals surface area contributed by atoms with E-state index in [-0.39, 0.29) is 46.1 Å². The number of benzene rings is 2. The van der Waals surface area contributed by atoms with Crippen molar-refractivity contribution in [1.82, 2.24) is 25.3 Å². The van der Waals surface area contributed by atoms with Gasteiger partial charge in [-0.3, -0.25) is 19.5 Å². The van der Waals surface area contributed by atoms with E-state index >= 15 is 0 Å². The summed E-state index contributed by atoms with van der Waals surface area (Å²) in [5, 5.41) is 15.6. The van der Waals surface area contributed by atoms with Crippen molar-refractivity contribution < 1.29 is 28.2 Å². The van der Waals surface area contributed by atoms with Crippen LogP contribution < -0.4 is 20.2 Å². The molecule has 4 rings (SSSR count). The maximum Gasteiger partial charge on any atom is 0.393 e. The van der Waals surface area contributed by atoms with Crippen molar-refractivity contribution in [2.24, 2.45) is 0 Å². The van der Waals surface area contributed by atoms with Crippen molar-refractivity contribution in [3.8, 4) is 5.75 Å². The van der Waals surface area contributed by atoms with Gasteiger partial charge in [0.1, 0.15) is 17.5 Å². The van der Waals surface area contributed by atoms with Crippen LogP contribution in [0.1, 0.15) is 40.6 Å². The molecule has 2 atom stereocenters. The minimum Gasteiger partial charge on any atom is -0.468 e. The third-order valence-corrected chi connectivity index (χ3v) is 9.64. The Kier molecular flexibility index (Phi) is 10.5. The maximum absolute atomic E-state index is 14.1. The molecule has 16 heteroatoms. The first-order valence-electron chi connectivity index (χ1n) is 12.8. The van der Waals surface area contributed by atoms with Gasteiger partial charge in [-0.15, -0.1) is 0 Å². The number of rotatable bonds is 10. The molecule has 1 saturated heterocycles. The molecule has 4 N–H and O–H groups in total. The van der Waals surface area contributed by atoms with Crippen molar-refractivity contribution in [3.05, 3.63) is 75.0 Å². The van der Waals surface area contributed by atoms with E-state index in [1.54, 1.807) is 35.0 Å². The van der Waals surface area contributed by atoms with Gasteiger partial charge >= 0.3 is 13.6 Å². The van der Waals surface area contributed by atoms with Crippen LogP contribution in [0, 0.1) is 0 Å². The van der Waals surface area contributed by atoms with E-state index in [9.17, 15) is 18.9 Å². The van der Waals surface area contributed by atoms with Gasteiger partial charge in [-0.25, -0.2) is 14.3 Å². The molecule has 0 bridgehead atoms. The molecule has 42 heavy (non-hydrogen) atoms. The second-order valence-electron chi connectivity index (χ2n) is 9.35. The summed E-state index contributed by atoms with van der Waals surface area (Å²) >= 11 is 18.2. The molecule has 1 aromatic heterocycles. The smallest absolute Gasteiger partial charge is 0.393 e. The lowest BCUT2D eigenvalue weighted by molar-refractivity contribution is -0.142. The summed E-state index contributed by atoms with van der Waals surface area (Å²) in [6.45, 7) is 2.07. The number of carbonyl (C=O) groups excluding carboxylic acids is 3. The highest BCUT2D eigenvalue weighted by molar-refractivity contribution is 7.54. The largest absolute Gasteiger partial charge is 0.468 e. The minimum absolute atomic E-state index is 0.0410. The van der Waals surface area contributed by atoms with Gasteiger partial charge in [0.15, 0.2) is 0 Å². The van der Waals surface area contributed by atoms with E-state index in [2.05, 4.69) is 25.9 Å². The fourth-order valence-electron chi connectivity index (χ4n) is 4.26. The van der Waals surface area contributed by atoms with Crippen molar-refractivity contribution >= 4 is 65.9 Å². The van der Waals surface area contributed by atoms with Gasteiger partial charge in [0, 0.05) is 24.2 Å². The molecule has 2 heterocycles. The predicted octanol–water partition coefficient (Wildman–Crippen LogP) is 5.15. The Hall–Kier alpha value is -3.12. The summed E-state index contributed by atoms with van der Waals surface area (Å²) in [7, 11) is -2.55. The number of hydrogen-bond donors (Lipinski definition) is 4. The van der Waals surface area contributed by atoms with Crippen LogP contribution in [0.5, 0.6) is 5.75 Å². The first kappa shape index (κ1) is 31.8. The van der Waals surface area contributed by atoms with Crippen LogP contribution in [0.2, 0.25) is 15.1 Å². The van der Waals surface area contributed by atoms with Crippen LogP contribution in [-0.4, -0.2) is 64.9 Å². The summed E-state index contributed by atoms with van der Waals surface area (Å²) in [6, 6.07) is 9.82. The van der Waals surface area contributed by atoms with E-state index in [0.717, 1.165) is 0 Å². The molecule has 2 aromatic carbocycles. The summed E-state index contributed by atoms with van der Waals surface area (Å²) < 4.78 is 26.3. The topological polar surface area (TPSA) is 155 Å². The number of anilines is 1. The second kappa shape index (κ2) is 13.9. The van der Waals surface area contributed by atoms with Crippen molar-refractivity contribution in [2.75, 3.05) is 25.5 Å². The monoisotopic (exact) mass is 656 g/mol. The SMILES string of the molecule is COC(=O)[C@H](C)NP(=O)(Oc1ccc(Cl)cc1)N1CCC(NC(=O)c2[nH]ncc2NC(=O)c2c(Cl)cccc2Cl)CC1. The third kappa shape index (κ3) is 7.63. The van der Waals surface area contributed by atoms with Gasteiger partial charge in [-0.1, -0.05) is 40.9 Å². The molecule has 0 spiro atoms. The number of H-pyrrole nitrogens is 1. The minimum atomic E-state index is -3.78. The summed E-state index contributed by atoms with van der Waals surface area (Å²) in [6.07, 6.45) is 2.14. The lowest BCUT2D eigenvalue weighted by Gasteiger charge is -2.37. The average Bonchev–Trinajstić information content (AvgIpc) is 3.42. The standard InChI is InChI=1S/C26H28Cl3N6O6P/c1-15(26(38)40-2)34-42(39,41-18-8-6-16(27)7-9-18)35-12-10-17(11-13-35)31-25(37)23-21(14-30-33-23)32-24(36)22-19(28)4-3-5-20(22)29/h3-9,14-15,17H,10-13H2,1-2H3,(H,30,33)(H,31,37)(H,32,36)(H,34,39)/t15-,42?/m0/s1. The molecule has 1 aliphatic rings. The van der Waals surface area contributed by atoms with Crippen molar-refractivity contribution in [1.29, 1.82) is 0 Å². The average molecular weight is 658 g/mol. The number of halogens is 3. The first-order valence-corrected chi connectivity index (χ1v) is 15.5. The van der Waals surface area contributed by atoms with Crippen LogP contribution in [0.3, 0.4) is 0 Å². The van der Waals surface area contributed by atoms with Crippen LogP contribution in [-0.2, 0) is 14.1 Å². The number of amides is 2. The van der Waals surface area contributed by atoms with Crippen LogP contribution in [0.15, 0.2) is 48.7 Å². The number of carbonyl (C=O) groups is 3. The van der Waals surface area contributed by atoms with E-state index in [4.69, 9.17) is 44.1 Å². The van der Waals surface area contributed by atoms with Crippen molar-refractivity contribution in [3.63, 3.8) is 0 Å². The zero-order chi connectivity index (χ0) is 30.4. The van der Waals surface area contributed by atoms with Gasteiger partial charge in [0.05, 0.1) is 34.6 Å². The predicted molar refractivity (Wildman–Crippen MR) is 159 cm³/mol. The van der Waals surface area contributed by atoms with Gasteiger partial charge in [-0.05, 0) is 56.2 Å². The number of nitrogens with zero attached hydrogens (tertiary/aromatic N) is 2. The molecule has 0 saturated carbocycles. The number of esters is 1. The van der Waals surface area contributed by atoms with E-state index in [0.29, 0.717) is 23.6 Å². The molecule has 2 amide bonds. The highest BCUT2D eigenvalue weighted by atomic mass is 35.5. The van der Waals surface area contributed by atoms with Gasteiger partial charge in [0.2, 0.25) is 0 Å². The molecule has 12 nitrogen and oxygen atoms in total. The molecule has 1 aliphatic heterocycles. The molecule has 3 aromatic rings. The molecule has 224 valence electrons. The lowest BCUT2D eigenvalue weighted by Crippen LogP contribution is -2.47. The van der Waals surface area contributed by atoms with Crippen LogP contribution in [0.4, 0.5) is 5.69 Å². The Labute approximate surface area is 256 Å². The van der Waals surface area contributed by atoms with E-state index in [1.807, 2.05) is 0 Å². The molecule has 1 fully saturated rings. The Morgan fingerprint density at radius 3 is 2.31 bits per heavy atom. The summed E-state index contributed by atoms with van der Waals surface area (Å²) in [4.78, 5) is 38.0. The Balaban J connectivity index is 1.41. The Morgan fingerprint density at radius 1 is 1.05 bits per heavy atom. The number of methoxy groups -OCH3 is 1. The number of aromatic amines is 1. The second-order valence-corrected chi connectivity index (χ2v) is 12.6. The number of piperidine rings is 1. The molecule has 1 unspecified atom stereocenters. The Morgan fingerprint density at radius 2 is 1.69 bits per heavy atom. The van der Waals surface area contributed by atoms with Crippen LogP contribution >= 0.6 is 42.5 Å². The third-order valence-electron chi connectivity index (χ3n) is 6.44. The highest BCUT2D eigenvalue weighted by Crippen LogP contribution is 2.49. The van der Waals surface area contributed by atoms with Crippen LogP contribution in [0.25, 0.3) is 0 Å². The maximum atomic E-state index is 14.1. The zero-order valence-electron chi connectivity index (χ0n) is 22.5. The molecule has 0 aliphatic carbocycles. The van der Waals surface area contributed by atoms with E-state index in [1.165, 1.54) is 32.4 Å². The number of nitrogens with one attached hydrogen (secondary N) is 4. The number of hydrogen-bond acceptors (Lipinski definition) is 7. The van der Waals surface area contributed by atoms with Gasteiger partial charge in [-0.2, -0.15) is 5.10 Å². The highest BCUT2D eigenvalue weighted by Gasteiger charge is 2.39. The van der Waals surface area contributed by atoms with E-state index < -0.39 is 31.5 Å². The summed E-state index contributed by atoms with van der Waals surface area (Å²) in [5.41, 5.74) is 0.258. The normalized spacial score (nSPS) is 16.2. The fourth-order valence-corrected chi connectivity index (χ4v) is 7.05. The lowest BCUT2D eigenvalue weighted by atomic mass is 10.1. The fraction of sp³-hybridized carbons (Fsp3) is 0.308. The zero-order valence-corrected chi connectivity index (χ0v) is 25.7. The Bertz CT molecular complexity index is 1480. The van der Waals surface area contributed by atoms with Crippen molar-refractivity contribution in [2.45, 2.75) is 31.8 Å². The summed E-state index contributed by atoms with van der Waals surface area (Å²) in [5.74, 6) is -1.39. The molecular weight excluding hydrogens is 630 g/mol. The molecule has 0 radical (unpaired) electrons. The quantitative estimate of drug-likeness (QED) is 0.171. The molecular formula is C26H28Cl3N6O6P. The number of aromatic nitrogens is 2. The first-order chi connectivity index (χ1) is 20.0. The van der Waals surface area contributed by atoms with Gasteiger partial charge in [0.25, 0.3) is 11.8 Å². The number of ether oxygens (including phenoxy) is 1.